The van der Waals surface area contributed by atoms with Crippen molar-refractivity contribution < 1.29 is 39.8 Å². The third-order valence-electron chi connectivity index (χ3n) is 8.11. The number of hydrogen-bond acceptors (Lipinski definition) is 8. The van der Waals surface area contributed by atoms with Crippen LogP contribution in [0.4, 0.5) is 0 Å². The first-order valence-corrected chi connectivity index (χ1v) is 17.9. The van der Waals surface area contributed by atoms with Gasteiger partial charge < -0.3 is 40.3 Å². The summed E-state index contributed by atoms with van der Waals surface area (Å²) in [6, 6.07) is -0.825. The van der Waals surface area contributed by atoms with Crippen LogP contribution >= 0.6 is 0 Å². The Morgan fingerprint density at radius 1 is 0.739 bits per heavy atom. The Labute approximate surface area is 278 Å². The molecule has 7 atom stereocenters. The van der Waals surface area contributed by atoms with Crippen LogP contribution in [0.1, 0.15) is 123 Å². The van der Waals surface area contributed by atoms with E-state index in [0.717, 1.165) is 70.6 Å². The Balaban J connectivity index is 2.44. The zero-order valence-corrected chi connectivity index (χ0v) is 28.6. The van der Waals surface area contributed by atoms with E-state index in [1.165, 1.54) is 32.1 Å². The van der Waals surface area contributed by atoms with E-state index in [4.69, 9.17) is 9.47 Å². The molecule has 1 fully saturated rings. The second kappa shape index (κ2) is 28.2. The van der Waals surface area contributed by atoms with Crippen molar-refractivity contribution in [1.29, 1.82) is 0 Å². The first-order valence-electron chi connectivity index (χ1n) is 17.9. The van der Waals surface area contributed by atoms with Crippen molar-refractivity contribution in [2.45, 2.75) is 166 Å². The zero-order valence-electron chi connectivity index (χ0n) is 28.6. The van der Waals surface area contributed by atoms with Crippen LogP contribution in [0.25, 0.3) is 0 Å². The molecule has 0 spiro atoms. The van der Waals surface area contributed by atoms with Gasteiger partial charge in [-0.3, -0.25) is 4.79 Å². The zero-order chi connectivity index (χ0) is 33.8. The molecule has 0 aromatic heterocycles. The molecule has 0 radical (unpaired) electrons. The number of aliphatic hydroxyl groups excluding tert-OH is 5. The number of ether oxygens (including phenoxy) is 2. The van der Waals surface area contributed by atoms with Gasteiger partial charge in [-0.15, -0.1) is 0 Å². The van der Waals surface area contributed by atoms with Crippen molar-refractivity contribution in [2.75, 3.05) is 13.2 Å². The lowest BCUT2D eigenvalue weighted by molar-refractivity contribution is -0.302. The van der Waals surface area contributed by atoms with Crippen molar-refractivity contribution in [2.24, 2.45) is 0 Å². The second-order valence-electron chi connectivity index (χ2n) is 12.3. The second-order valence-corrected chi connectivity index (χ2v) is 12.3. The summed E-state index contributed by atoms with van der Waals surface area (Å²) in [5.74, 6) is -0.210. The normalized spacial score (nSPS) is 23.7. The van der Waals surface area contributed by atoms with Gasteiger partial charge in [-0.2, -0.15) is 0 Å². The molecule has 1 aliphatic rings. The molecule has 46 heavy (non-hydrogen) atoms. The van der Waals surface area contributed by atoms with Gasteiger partial charge in [0.15, 0.2) is 6.29 Å². The SMILES string of the molecule is CCC/C=C/CC/C=C/C(O)C(COC1OC(CO)C(O)C(O)C1O)NC(=O)CCCCCCC/C=C\C/C=C\CCCCCC. The number of aliphatic hydroxyl groups is 5. The number of nitrogens with one attached hydrogen (secondary N) is 1. The number of allylic oxidation sites excluding steroid dienone is 7. The van der Waals surface area contributed by atoms with E-state index < -0.39 is 49.5 Å². The Hall–Kier alpha value is -1.85. The summed E-state index contributed by atoms with van der Waals surface area (Å²) in [7, 11) is 0. The van der Waals surface area contributed by atoms with Crippen molar-refractivity contribution in [3.8, 4) is 0 Å². The van der Waals surface area contributed by atoms with Gasteiger partial charge in [0.05, 0.1) is 25.4 Å². The van der Waals surface area contributed by atoms with Crippen LogP contribution in [0.5, 0.6) is 0 Å². The summed E-state index contributed by atoms with van der Waals surface area (Å²) >= 11 is 0. The Morgan fingerprint density at radius 2 is 1.35 bits per heavy atom. The number of rotatable bonds is 27. The predicted molar refractivity (Wildman–Crippen MR) is 184 cm³/mol. The lowest BCUT2D eigenvalue weighted by Gasteiger charge is -2.40. The van der Waals surface area contributed by atoms with Gasteiger partial charge in [-0.1, -0.05) is 107 Å². The molecule has 1 rings (SSSR count). The molecular weight excluding hydrogens is 586 g/mol. The minimum absolute atomic E-state index is 0.210. The Kier molecular flexibility index (Phi) is 25.8. The van der Waals surface area contributed by atoms with E-state index in [9.17, 15) is 30.3 Å². The molecule has 0 saturated carbocycles. The van der Waals surface area contributed by atoms with E-state index in [-0.39, 0.29) is 12.5 Å². The predicted octanol–water partition coefficient (Wildman–Crippen LogP) is 5.54. The highest BCUT2D eigenvalue weighted by atomic mass is 16.7. The lowest BCUT2D eigenvalue weighted by Crippen LogP contribution is -2.60. The van der Waals surface area contributed by atoms with Gasteiger partial charge >= 0.3 is 0 Å². The highest BCUT2D eigenvalue weighted by Gasteiger charge is 2.44. The third-order valence-corrected chi connectivity index (χ3v) is 8.11. The quantitative estimate of drug-likeness (QED) is 0.0501. The average Bonchev–Trinajstić information content (AvgIpc) is 3.05. The lowest BCUT2D eigenvalue weighted by atomic mass is 9.99. The van der Waals surface area contributed by atoms with Gasteiger partial charge in [-0.05, 0) is 57.8 Å². The summed E-state index contributed by atoms with van der Waals surface area (Å²) in [4.78, 5) is 12.8. The number of amides is 1. The fourth-order valence-corrected chi connectivity index (χ4v) is 5.15. The molecule has 0 aromatic rings. The molecule has 9 heteroatoms. The van der Waals surface area contributed by atoms with Crippen LogP contribution in [0.15, 0.2) is 48.6 Å². The largest absolute Gasteiger partial charge is 0.394 e. The molecule has 0 aliphatic carbocycles. The summed E-state index contributed by atoms with van der Waals surface area (Å²) in [6.45, 7) is 3.57. The topological polar surface area (TPSA) is 149 Å². The highest BCUT2D eigenvalue weighted by Crippen LogP contribution is 2.22. The molecule has 1 saturated heterocycles. The maximum Gasteiger partial charge on any atom is 0.220 e. The summed E-state index contributed by atoms with van der Waals surface area (Å²) in [6.07, 6.45) is 26.1. The average molecular weight is 652 g/mol. The molecule has 9 nitrogen and oxygen atoms in total. The van der Waals surface area contributed by atoms with E-state index in [1.54, 1.807) is 6.08 Å². The number of carbonyl (C=O) groups excluding carboxylic acids is 1. The van der Waals surface area contributed by atoms with Gasteiger partial charge in [0.25, 0.3) is 0 Å². The maximum absolute atomic E-state index is 12.8. The van der Waals surface area contributed by atoms with Gasteiger partial charge in [0, 0.05) is 6.42 Å². The Bertz CT molecular complexity index is 858. The maximum atomic E-state index is 12.8. The molecular formula is C37H65NO8. The highest BCUT2D eigenvalue weighted by molar-refractivity contribution is 5.76. The van der Waals surface area contributed by atoms with Crippen LogP contribution in [-0.4, -0.2) is 87.5 Å². The van der Waals surface area contributed by atoms with E-state index in [0.29, 0.717) is 6.42 Å². The molecule has 0 aromatic carbocycles. The first kappa shape index (κ1) is 42.2. The van der Waals surface area contributed by atoms with Crippen LogP contribution in [0.3, 0.4) is 0 Å². The molecule has 1 aliphatic heterocycles. The van der Waals surface area contributed by atoms with E-state index in [2.05, 4.69) is 55.6 Å². The van der Waals surface area contributed by atoms with Crippen molar-refractivity contribution in [1.82, 2.24) is 5.32 Å². The summed E-state index contributed by atoms with van der Waals surface area (Å²) < 4.78 is 11.1. The van der Waals surface area contributed by atoms with Crippen LogP contribution in [-0.2, 0) is 14.3 Å². The van der Waals surface area contributed by atoms with Gasteiger partial charge in [0.2, 0.25) is 5.91 Å². The summed E-state index contributed by atoms with van der Waals surface area (Å²) in [5.41, 5.74) is 0. The monoisotopic (exact) mass is 651 g/mol. The minimum atomic E-state index is -1.57. The van der Waals surface area contributed by atoms with E-state index in [1.807, 2.05) is 6.08 Å². The molecule has 1 amide bonds. The number of hydrogen-bond donors (Lipinski definition) is 6. The van der Waals surface area contributed by atoms with Crippen LogP contribution < -0.4 is 5.32 Å². The summed E-state index contributed by atoms with van der Waals surface area (Å²) in [5, 5.41) is 53.5. The van der Waals surface area contributed by atoms with E-state index >= 15 is 0 Å². The molecule has 266 valence electrons. The third kappa shape index (κ3) is 19.7. The number of unbranched alkanes of at least 4 members (excludes halogenated alkanes) is 11. The number of carbonyl (C=O) groups is 1. The fraction of sp³-hybridized carbons (Fsp3) is 0.757. The van der Waals surface area contributed by atoms with Crippen molar-refractivity contribution in [3.63, 3.8) is 0 Å². The van der Waals surface area contributed by atoms with Crippen molar-refractivity contribution in [3.05, 3.63) is 48.6 Å². The molecule has 7 unspecified atom stereocenters. The smallest absolute Gasteiger partial charge is 0.220 e. The van der Waals surface area contributed by atoms with Crippen LogP contribution in [0.2, 0.25) is 0 Å². The van der Waals surface area contributed by atoms with Crippen LogP contribution in [0, 0.1) is 0 Å². The fourth-order valence-electron chi connectivity index (χ4n) is 5.15. The first-order chi connectivity index (χ1) is 22.3. The molecule has 6 N–H and O–H groups in total. The van der Waals surface area contributed by atoms with Crippen molar-refractivity contribution >= 4 is 5.91 Å². The van der Waals surface area contributed by atoms with Gasteiger partial charge in [0.1, 0.15) is 24.4 Å². The Morgan fingerprint density at radius 3 is 2.02 bits per heavy atom. The molecule has 1 heterocycles. The standard InChI is InChI=1S/C37H65NO8/c1-3-5-7-9-11-12-13-14-15-16-17-18-19-21-23-25-27-33(41)38-30(31(40)26-24-22-20-10-8-6-4-2)29-45-37-36(44)35(43)34(42)32(28-39)46-37/h8,10,12-13,15-16,24,26,30-32,34-37,39-40,42-44H,3-7,9,11,14,17-23,25,27-29H2,1-2H3,(H,38,41)/b10-8+,13-12-,16-15-,26-24+. The van der Waals surface area contributed by atoms with Gasteiger partial charge in [-0.25, -0.2) is 0 Å². The minimum Gasteiger partial charge on any atom is -0.394 e. The molecule has 0 bridgehead atoms.